The third kappa shape index (κ3) is 4.09. The van der Waals surface area contributed by atoms with Crippen molar-refractivity contribution >= 4 is 33.9 Å². The summed E-state index contributed by atoms with van der Waals surface area (Å²) in [7, 11) is 1.97. The molecule has 0 unspecified atom stereocenters. The van der Waals surface area contributed by atoms with Crippen molar-refractivity contribution in [1.82, 2.24) is 9.55 Å². The highest BCUT2D eigenvalue weighted by molar-refractivity contribution is 6.30. The minimum atomic E-state index is -0.274. The summed E-state index contributed by atoms with van der Waals surface area (Å²) in [4.78, 5) is 20.8. The Bertz CT molecular complexity index is 1460. The summed E-state index contributed by atoms with van der Waals surface area (Å²) in [6.45, 7) is 1.90. The molecular formula is C29H24ClN3O. The molecule has 0 saturated carbocycles. The fourth-order valence-corrected chi connectivity index (χ4v) is 4.51. The molecule has 0 aliphatic carbocycles. The van der Waals surface area contributed by atoms with Crippen LogP contribution >= 0.6 is 11.6 Å². The molecule has 0 bridgehead atoms. The van der Waals surface area contributed by atoms with E-state index in [0.717, 1.165) is 22.5 Å². The average Bonchev–Trinajstić information content (AvgIpc) is 2.87. The second-order valence-electron chi connectivity index (χ2n) is 8.29. The Balaban J connectivity index is 1.69. The molecule has 1 heterocycles. The van der Waals surface area contributed by atoms with Crippen molar-refractivity contribution in [3.05, 3.63) is 135 Å². The zero-order valence-electron chi connectivity index (χ0n) is 19.0. The zero-order valence-corrected chi connectivity index (χ0v) is 19.8. The van der Waals surface area contributed by atoms with Gasteiger partial charge in [0.25, 0.3) is 5.56 Å². The van der Waals surface area contributed by atoms with E-state index in [-0.39, 0.29) is 11.6 Å². The summed E-state index contributed by atoms with van der Waals surface area (Å²) in [5.74, 6) is 0.675. The van der Waals surface area contributed by atoms with Crippen LogP contribution in [0.3, 0.4) is 0 Å². The molecule has 5 heteroatoms. The first kappa shape index (κ1) is 21.9. The molecule has 4 nitrogen and oxygen atoms in total. The Kier molecular flexibility index (Phi) is 5.91. The van der Waals surface area contributed by atoms with Crippen molar-refractivity contribution in [2.45, 2.75) is 13.0 Å². The van der Waals surface area contributed by atoms with Crippen molar-refractivity contribution in [3.63, 3.8) is 0 Å². The van der Waals surface area contributed by atoms with Gasteiger partial charge in [-0.1, -0.05) is 72.3 Å². The topological polar surface area (TPSA) is 38.1 Å². The molecule has 0 N–H and O–H groups in total. The maximum Gasteiger partial charge on any atom is 0.262 e. The van der Waals surface area contributed by atoms with Crippen LogP contribution in [-0.2, 0) is 0 Å². The van der Waals surface area contributed by atoms with E-state index in [9.17, 15) is 4.79 Å². The van der Waals surface area contributed by atoms with Crippen LogP contribution in [0.25, 0.3) is 10.9 Å². The van der Waals surface area contributed by atoms with Crippen molar-refractivity contribution in [2.24, 2.45) is 0 Å². The lowest BCUT2D eigenvalue weighted by molar-refractivity contribution is 0.620. The number of nitrogens with zero attached hydrogens (tertiary/aromatic N) is 3. The number of aromatic nitrogens is 2. The fraction of sp³-hybridized carbons (Fsp3) is 0.103. The molecule has 0 spiro atoms. The monoisotopic (exact) mass is 465 g/mol. The molecule has 0 radical (unpaired) electrons. The van der Waals surface area contributed by atoms with Gasteiger partial charge in [0.05, 0.1) is 16.9 Å². The van der Waals surface area contributed by atoms with E-state index in [2.05, 4.69) is 24.3 Å². The first-order chi connectivity index (χ1) is 16.5. The predicted octanol–water partition coefficient (Wildman–Crippen LogP) is 6.76. The van der Waals surface area contributed by atoms with Crippen LogP contribution in [0.2, 0.25) is 5.02 Å². The second-order valence-corrected chi connectivity index (χ2v) is 8.73. The van der Waals surface area contributed by atoms with E-state index in [0.29, 0.717) is 21.7 Å². The molecule has 0 atom stereocenters. The van der Waals surface area contributed by atoms with Gasteiger partial charge in [0, 0.05) is 23.4 Å². The zero-order chi connectivity index (χ0) is 23.7. The molecule has 5 rings (SSSR count). The summed E-state index contributed by atoms with van der Waals surface area (Å²) in [6, 6.07) is 33.4. The fourth-order valence-electron chi connectivity index (χ4n) is 4.39. The molecule has 4 aromatic carbocycles. The highest BCUT2D eigenvalue weighted by atomic mass is 35.5. The lowest BCUT2D eigenvalue weighted by Gasteiger charge is -2.24. The number of rotatable bonds is 5. The number of aryl methyl sites for hydroxylation is 1. The molecule has 0 fully saturated rings. The van der Waals surface area contributed by atoms with Crippen molar-refractivity contribution in [2.75, 3.05) is 11.9 Å². The summed E-state index contributed by atoms with van der Waals surface area (Å²) in [6.07, 6.45) is 0. The molecular weight excluding hydrogens is 442 g/mol. The number of halogens is 1. The highest BCUT2D eigenvalue weighted by Gasteiger charge is 2.21. The Morgan fingerprint density at radius 2 is 1.35 bits per heavy atom. The number of anilines is 2. The number of hydrogen-bond acceptors (Lipinski definition) is 3. The first-order valence-corrected chi connectivity index (χ1v) is 11.5. The number of benzene rings is 4. The van der Waals surface area contributed by atoms with Crippen molar-refractivity contribution < 1.29 is 0 Å². The van der Waals surface area contributed by atoms with Crippen LogP contribution in [-0.4, -0.2) is 16.6 Å². The van der Waals surface area contributed by atoms with Gasteiger partial charge in [-0.2, -0.15) is 0 Å². The second kappa shape index (κ2) is 9.16. The molecule has 0 aliphatic heterocycles. The van der Waals surface area contributed by atoms with Gasteiger partial charge in [-0.25, -0.2) is 4.98 Å². The van der Waals surface area contributed by atoms with Crippen LogP contribution in [0, 0.1) is 6.92 Å². The maximum atomic E-state index is 14.0. The van der Waals surface area contributed by atoms with Crippen LogP contribution < -0.4 is 10.5 Å². The number of hydrogen-bond donors (Lipinski definition) is 0. The third-order valence-electron chi connectivity index (χ3n) is 6.15. The summed E-state index contributed by atoms with van der Waals surface area (Å²) in [5, 5.41) is 1.27. The standard InChI is InChI=1S/C29H24ClN3O/c1-20-31-27-18-17-25(32(2)24-15-13-23(30)14-16-24)19-26(27)29(34)33(20)28(21-9-5-3-6-10-21)22-11-7-4-8-12-22/h3-19,28H,1-2H3. The molecule has 0 amide bonds. The van der Waals surface area contributed by atoms with E-state index < -0.39 is 0 Å². The van der Waals surface area contributed by atoms with Crippen molar-refractivity contribution in [1.29, 1.82) is 0 Å². The molecule has 0 saturated heterocycles. The predicted molar refractivity (Wildman–Crippen MR) is 140 cm³/mol. The summed E-state index contributed by atoms with van der Waals surface area (Å²) in [5.41, 5.74) is 4.58. The Labute approximate surface area is 203 Å². The van der Waals surface area contributed by atoms with Gasteiger partial charge in [0.2, 0.25) is 0 Å². The van der Waals surface area contributed by atoms with E-state index in [4.69, 9.17) is 16.6 Å². The third-order valence-corrected chi connectivity index (χ3v) is 6.40. The minimum Gasteiger partial charge on any atom is -0.345 e. The Hall–Kier alpha value is -3.89. The van der Waals surface area contributed by atoms with E-state index in [1.807, 2.05) is 97.7 Å². The maximum absolute atomic E-state index is 14.0. The van der Waals surface area contributed by atoms with Gasteiger partial charge in [0.15, 0.2) is 0 Å². The molecule has 1 aromatic heterocycles. The van der Waals surface area contributed by atoms with E-state index in [1.165, 1.54) is 0 Å². The van der Waals surface area contributed by atoms with E-state index >= 15 is 0 Å². The normalized spacial score (nSPS) is 11.2. The molecule has 5 aromatic rings. The largest absolute Gasteiger partial charge is 0.345 e. The Morgan fingerprint density at radius 3 is 1.94 bits per heavy atom. The summed E-state index contributed by atoms with van der Waals surface area (Å²) >= 11 is 6.05. The van der Waals surface area contributed by atoms with Crippen molar-refractivity contribution in [3.8, 4) is 0 Å². The Morgan fingerprint density at radius 1 is 0.794 bits per heavy atom. The minimum absolute atomic E-state index is 0.0634. The van der Waals surface area contributed by atoms with E-state index in [1.54, 1.807) is 4.57 Å². The first-order valence-electron chi connectivity index (χ1n) is 11.1. The van der Waals surface area contributed by atoms with Gasteiger partial charge in [0.1, 0.15) is 5.82 Å². The van der Waals surface area contributed by atoms with Gasteiger partial charge < -0.3 is 4.90 Å². The van der Waals surface area contributed by atoms with Gasteiger partial charge >= 0.3 is 0 Å². The smallest absolute Gasteiger partial charge is 0.262 e. The highest BCUT2D eigenvalue weighted by Crippen LogP contribution is 2.29. The molecule has 34 heavy (non-hydrogen) atoms. The molecule has 168 valence electrons. The van der Waals surface area contributed by atoms with Crippen LogP contribution in [0.15, 0.2) is 108 Å². The SMILES string of the molecule is Cc1nc2ccc(N(C)c3ccc(Cl)cc3)cc2c(=O)n1C(c1ccccc1)c1ccccc1. The van der Waals surface area contributed by atoms with Gasteiger partial charge in [-0.15, -0.1) is 0 Å². The quantitative estimate of drug-likeness (QED) is 0.287. The molecule has 0 aliphatic rings. The summed E-state index contributed by atoms with van der Waals surface area (Å²) < 4.78 is 1.80. The average molecular weight is 466 g/mol. The van der Waals surface area contributed by atoms with Crippen LogP contribution in [0.5, 0.6) is 0 Å². The number of fused-ring (bicyclic) bond motifs is 1. The van der Waals surface area contributed by atoms with Gasteiger partial charge in [-0.3, -0.25) is 9.36 Å². The lowest BCUT2D eigenvalue weighted by atomic mass is 9.98. The lowest BCUT2D eigenvalue weighted by Crippen LogP contribution is -2.29. The van der Waals surface area contributed by atoms with Gasteiger partial charge in [-0.05, 0) is 60.5 Å². The van der Waals surface area contributed by atoms with Crippen LogP contribution in [0.1, 0.15) is 23.0 Å². The van der Waals surface area contributed by atoms with Crippen LogP contribution in [0.4, 0.5) is 11.4 Å².